The zero-order valence-corrected chi connectivity index (χ0v) is 10.5. The van der Waals surface area contributed by atoms with Crippen molar-refractivity contribution in [2.75, 3.05) is 5.32 Å². The second-order valence-corrected chi connectivity index (χ2v) is 4.48. The maximum atomic E-state index is 4.06. The number of aromatic nitrogens is 3. The van der Waals surface area contributed by atoms with Crippen molar-refractivity contribution in [1.29, 1.82) is 0 Å². The maximum absolute atomic E-state index is 4.06. The van der Waals surface area contributed by atoms with Crippen molar-refractivity contribution in [3.63, 3.8) is 0 Å². The summed E-state index contributed by atoms with van der Waals surface area (Å²) in [4.78, 5) is 0. The van der Waals surface area contributed by atoms with E-state index in [0.717, 1.165) is 5.69 Å². The zero-order chi connectivity index (χ0) is 12.3. The van der Waals surface area contributed by atoms with Crippen LogP contribution in [0.4, 0.5) is 5.69 Å². The molecule has 0 fully saturated rings. The summed E-state index contributed by atoms with van der Waals surface area (Å²) in [7, 11) is 1.87. The normalized spacial score (nSPS) is 10.8. The van der Waals surface area contributed by atoms with Crippen LogP contribution in [0.25, 0.3) is 0 Å². The quantitative estimate of drug-likeness (QED) is 0.877. The van der Waals surface area contributed by atoms with E-state index in [9.17, 15) is 0 Å². The van der Waals surface area contributed by atoms with Crippen molar-refractivity contribution in [2.45, 2.75) is 26.3 Å². The van der Waals surface area contributed by atoms with E-state index >= 15 is 0 Å². The number of aryl methyl sites for hydroxylation is 1. The van der Waals surface area contributed by atoms with Crippen LogP contribution in [0.15, 0.2) is 30.5 Å². The van der Waals surface area contributed by atoms with Crippen LogP contribution in [0.5, 0.6) is 0 Å². The Bertz CT molecular complexity index is 488. The Morgan fingerprint density at radius 1 is 1.29 bits per heavy atom. The summed E-state index contributed by atoms with van der Waals surface area (Å²) >= 11 is 0. The van der Waals surface area contributed by atoms with E-state index < -0.39 is 0 Å². The Kier molecular flexibility index (Phi) is 3.42. The van der Waals surface area contributed by atoms with E-state index in [1.54, 1.807) is 4.68 Å². The summed E-state index contributed by atoms with van der Waals surface area (Å²) in [6.07, 6.45) is 1.92. The molecule has 4 heteroatoms. The molecule has 2 aromatic rings. The molecule has 1 aromatic heterocycles. The summed E-state index contributed by atoms with van der Waals surface area (Å²) in [5.41, 5.74) is 3.45. The molecule has 1 heterocycles. The largest absolute Gasteiger partial charge is 0.379 e. The third-order valence-electron chi connectivity index (χ3n) is 2.69. The standard InChI is InChI=1S/C13H18N4/c1-10(2)12-6-4-5-7-13(12)14-8-11-9-17(3)16-15-11/h4-7,9-10,14H,8H2,1-3H3. The second kappa shape index (κ2) is 4.99. The monoisotopic (exact) mass is 230 g/mol. The van der Waals surface area contributed by atoms with Crippen molar-refractivity contribution in [3.8, 4) is 0 Å². The number of hydrogen-bond acceptors (Lipinski definition) is 3. The second-order valence-electron chi connectivity index (χ2n) is 4.48. The molecule has 0 spiro atoms. The summed E-state index contributed by atoms with van der Waals surface area (Å²) in [5.74, 6) is 0.514. The van der Waals surface area contributed by atoms with Gasteiger partial charge in [-0.2, -0.15) is 0 Å². The Morgan fingerprint density at radius 2 is 2.06 bits per heavy atom. The zero-order valence-electron chi connectivity index (χ0n) is 10.5. The van der Waals surface area contributed by atoms with Crippen LogP contribution in [0.3, 0.4) is 0 Å². The van der Waals surface area contributed by atoms with Gasteiger partial charge in [-0.3, -0.25) is 4.68 Å². The Morgan fingerprint density at radius 3 is 2.71 bits per heavy atom. The van der Waals surface area contributed by atoms with E-state index in [-0.39, 0.29) is 0 Å². The molecule has 0 saturated heterocycles. The number of anilines is 1. The SMILES string of the molecule is CC(C)c1ccccc1NCc1cn(C)nn1. The molecule has 0 unspecified atom stereocenters. The topological polar surface area (TPSA) is 42.7 Å². The molecule has 0 atom stereocenters. The van der Waals surface area contributed by atoms with Gasteiger partial charge in [0.05, 0.1) is 6.54 Å². The molecule has 4 nitrogen and oxygen atoms in total. The molecule has 17 heavy (non-hydrogen) atoms. The molecule has 0 aliphatic heterocycles. The minimum absolute atomic E-state index is 0.514. The average Bonchev–Trinajstić information content (AvgIpc) is 2.73. The predicted molar refractivity (Wildman–Crippen MR) is 68.9 cm³/mol. The van der Waals surface area contributed by atoms with Gasteiger partial charge < -0.3 is 5.32 Å². The Labute approximate surface area is 102 Å². The van der Waals surface area contributed by atoms with Gasteiger partial charge in [-0.1, -0.05) is 37.3 Å². The van der Waals surface area contributed by atoms with Gasteiger partial charge >= 0.3 is 0 Å². The lowest BCUT2D eigenvalue weighted by atomic mass is 10.0. The fraction of sp³-hybridized carbons (Fsp3) is 0.385. The number of rotatable bonds is 4. The first kappa shape index (κ1) is 11.6. The number of hydrogen-bond donors (Lipinski definition) is 1. The molecule has 0 bridgehead atoms. The highest BCUT2D eigenvalue weighted by Gasteiger charge is 2.05. The molecule has 1 N–H and O–H groups in total. The smallest absolute Gasteiger partial charge is 0.102 e. The summed E-state index contributed by atoms with van der Waals surface area (Å²) in [6, 6.07) is 8.38. The van der Waals surface area contributed by atoms with Crippen LogP contribution < -0.4 is 5.32 Å². The van der Waals surface area contributed by atoms with E-state index in [4.69, 9.17) is 0 Å². The fourth-order valence-corrected chi connectivity index (χ4v) is 1.82. The third-order valence-corrected chi connectivity index (χ3v) is 2.69. The van der Waals surface area contributed by atoms with Gasteiger partial charge in [-0.15, -0.1) is 5.10 Å². The van der Waals surface area contributed by atoms with E-state index in [1.165, 1.54) is 11.3 Å². The summed E-state index contributed by atoms with van der Waals surface area (Å²) < 4.78 is 1.71. The Hall–Kier alpha value is -1.84. The van der Waals surface area contributed by atoms with Crippen molar-refractivity contribution in [1.82, 2.24) is 15.0 Å². The lowest BCUT2D eigenvalue weighted by molar-refractivity contribution is 0.713. The number of nitrogens with zero attached hydrogens (tertiary/aromatic N) is 3. The van der Waals surface area contributed by atoms with Gasteiger partial charge in [0.2, 0.25) is 0 Å². The molecular weight excluding hydrogens is 212 g/mol. The van der Waals surface area contributed by atoms with Gasteiger partial charge in [0.15, 0.2) is 0 Å². The van der Waals surface area contributed by atoms with E-state index in [2.05, 4.69) is 47.7 Å². The van der Waals surface area contributed by atoms with Crippen LogP contribution in [0.1, 0.15) is 31.0 Å². The van der Waals surface area contributed by atoms with Crippen molar-refractivity contribution >= 4 is 5.69 Å². The third kappa shape index (κ3) is 2.84. The highest BCUT2D eigenvalue weighted by atomic mass is 15.4. The van der Waals surface area contributed by atoms with Gasteiger partial charge in [0.25, 0.3) is 0 Å². The molecule has 0 saturated carbocycles. The average molecular weight is 230 g/mol. The van der Waals surface area contributed by atoms with Gasteiger partial charge in [-0.25, -0.2) is 0 Å². The van der Waals surface area contributed by atoms with Crippen LogP contribution in [-0.4, -0.2) is 15.0 Å². The summed E-state index contributed by atoms with van der Waals surface area (Å²) in [5, 5.41) is 11.4. The summed E-state index contributed by atoms with van der Waals surface area (Å²) in [6.45, 7) is 5.10. The fourth-order valence-electron chi connectivity index (χ4n) is 1.82. The molecule has 0 radical (unpaired) electrons. The molecule has 2 rings (SSSR count). The highest BCUT2D eigenvalue weighted by Crippen LogP contribution is 2.23. The van der Waals surface area contributed by atoms with E-state index in [0.29, 0.717) is 12.5 Å². The van der Waals surface area contributed by atoms with Gasteiger partial charge in [0.1, 0.15) is 5.69 Å². The van der Waals surface area contributed by atoms with E-state index in [1.807, 2.05) is 19.3 Å². The van der Waals surface area contributed by atoms with Crippen LogP contribution in [-0.2, 0) is 13.6 Å². The first-order valence-electron chi connectivity index (χ1n) is 5.85. The predicted octanol–water partition coefficient (Wildman–Crippen LogP) is 2.55. The number of benzene rings is 1. The lowest BCUT2D eigenvalue weighted by Gasteiger charge is -2.13. The first-order chi connectivity index (χ1) is 8.16. The lowest BCUT2D eigenvalue weighted by Crippen LogP contribution is -2.03. The Balaban J connectivity index is 2.08. The van der Waals surface area contributed by atoms with Crippen LogP contribution in [0.2, 0.25) is 0 Å². The molecule has 0 aliphatic rings. The van der Waals surface area contributed by atoms with Crippen LogP contribution in [0, 0.1) is 0 Å². The van der Waals surface area contributed by atoms with Gasteiger partial charge in [0, 0.05) is 18.9 Å². The van der Waals surface area contributed by atoms with Crippen molar-refractivity contribution < 1.29 is 0 Å². The number of nitrogens with one attached hydrogen (secondary N) is 1. The molecule has 0 amide bonds. The minimum Gasteiger partial charge on any atom is -0.379 e. The first-order valence-corrected chi connectivity index (χ1v) is 5.85. The molecular formula is C13H18N4. The molecule has 1 aromatic carbocycles. The number of para-hydroxylation sites is 1. The minimum atomic E-state index is 0.514. The van der Waals surface area contributed by atoms with Crippen LogP contribution >= 0.6 is 0 Å². The highest BCUT2D eigenvalue weighted by molar-refractivity contribution is 5.52. The van der Waals surface area contributed by atoms with Crippen molar-refractivity contribution in [3.05, 3.63) is 41.7 Å². The molecule has 0 aliphatic carbocycles. The molecule has 90 valence electrons. The van der Waals surface area contributed by atoms with Gasteiger partial charge in [-0.05, 0) is 17.5 Å². The maximum Gasteiger partial charge on any atom is 0.102 e. The van der Waals surface area contributed by atoms with Crippen molar-refractivity contribution in [2.24, 2.45) is 7.05 Å².